The number of benzene rings is 1. The fourth-order valence-corrected chi connectivity index (χ4v) is 2.03. The number of ether oxygens (including phenoxy) is 1. The van der Waals surface area contributed by atoms with E-state index in [9.17, 15) is 14.4 Å². The molecule has 3 rings (SSSR count). The first-order valence-electron chi connectivity index (χ1n) is 7.09. The Morgan fingerprint density at radius 1 is 1.32 bits per heavy atom. The van der Waals surface area contributed by atoms with Crippen LogP contribution >= 0.6 is 0 Å². The normalized spacial score (nSPS) is 15.3. The fourth-order valence-electron chi connectivity index (χ4n) is 2.03. The van der Waals surface area contributed by atoms with E-state index < -0.39 is 17.7 Å². The largest absolute Gasteiger partial charge is 0.449 e. The predicted molar refractivity (Wildman–Crippen MR) is 78.5 cm³/mol. The average molecular weight is 301 g/mol. The molecule has 0 radical (unpaired) electrons. The van der Waals surface area contributed by atoms with Gasteiger partial charge in [0.15, 0.2) is 6.10 Å². The van der Waals surface area contributed by atoms with Gasteiger partial charge < -0.3 is 14.5 Å². The van der Waals surface area contributed by atoms with Gasteiger partial charge in [-0.15, -0.1) is 0 Å². The van der Waals surface area contributed by atoms with Crippen LogP contribution in [0.1, 0.15) is 30.1 Å². The third-order valence-corrected chi connectivity index (χ3v) is 3.44. The Labute approximate surface area is 126 Å². The van der Waals surface area contributed by atoms with E-state index in [-0.39, 0.29) is 17.5 Å². The van der Waals surface area contributed by atoms with Crippen LogP contribution in [0.3, 0.4) is 0 Å². The summed E-state index contributed by atoms with van der Waals surface area (Å²) in [5, 5.41) is 3.35. The molecule has 1 N–H and O–H groups in total. The average Bonchev–Trinajstić information content (AvgIpc) is 3.30. The van der Waals surface area contributed by atoms with Crippen molar-refractivity contribution in [1.29, 1.82) is 0 Å². The Morgan fingerprint density at radius 3 is 2.77 bits per heavy atom. The van der Waals surface area contributed by atoms with E-state index in [4.69, 9.17) is 9.15 Å². The van der Waals surface area contributed by atoms with Crippen molar-refractivity contribution in [3.05, 3.63) is 46.3 Å². The molecule has 1 aromatic heterocycles. The highest BCUT2D eigenvalue weighted by atomic mass is 16.5. The van der Waals surface area contributed by atoms with Crippen molar-refractivity contribution in [3.63, 3.8) is 0 Å². The molecule has 6 heteroatoms. The summed E-state index contributed by atoms with van der Waals surface area (Å²) in [7, 11) is 0. The smallest absolute Gasteiger partial charge is 0.351 e. The zero-order valence-electron chi connectivity index (χ0n) is 12.0. The van der Waals surface area contributed by atoms with Crippen molar-refractivity contribution < 1.29 is 18.7 Å². The van der Waals surface area contributed by atoms with E-state index in [1.807, 2.05) is 0 Å². The molecule has 114 valence electrons. The van der Waals surface area contributed by atoms with Crippen LogP contribution in [0, 0.1) is 0 Å². The maximum atomic E-state index is 12.1. The van der Waals surface area contributed by atoms with Crippen LogP contribution in [-0.4, -0.2) is 24.0 Å². The zero-order valence-corrected chi connectivity index (χ0v) is 12.0. The minimum Gasteiger partial charge on any atom is -0.449 e. The van der Waals surface area contributed by atoms with Crippen molar-refractivity contribution in [1.82, 2.24) is 5.32 Å². The number of fused-ring (bicyclic) bond motifs is 1. The van der Waals surface area contributed by atoms with Crippen molar-refractivity contribution in [2.45, 2.75) is 31.9 Å². The van der Waals surface area contributed by atoms with E-state index >= 15 is 0 Å². The molecule has 0 saturated heterocycles. The lowest BCUT2D eigenvalue weighted by Gasteiger charge is -2.12. The molecular formula is C16H15NO5. The first-order valence-corrected chi connectivity index (χ1v) is 7.09. The Bertz CT molecular complexity index is 790. The summed E-state index contributed by atoms with van der Waals surface area (Å²) in [5.74, 6) is -1.22. The lowest BCUT2D eigenvalue weighted by atomic mass is 10.2. The van der Waals surface area contributed by atoms with Gasteiger partial charge in [-0.1, -0.05) is 18.2 Å². The first kappa shape index (κ1) is 14.3. The first-order chi connectivity index (χ1) is 10.5. The summed E-state index contributed by atoms with van der Waals surface area (Å²) >= 11 is 0. The van der Waals surface area contributed by atoms with Gasteiger partial charge in [-0.05, 0) is 31.9 Å². The van der Waals surface area contributed by atoms with E-state index in [2.05, 4.69) is 5.32 Å². The van der Waals surface area contributed by atoms with Crippen LogP contribution in [0.15, 0.2) is 39.5 Å². The number of amides is 1. The summed E-state index contributed by atoms with van der Waals surface area (Å²) in [6, 6.07) is 8.45. The van der Waals surface area contributed by atoms with Gasteiger partial charge in [0.25, 0.3) is 5.91 Å². The van der Waals surface area contributed by atoms with Crippen molar-refractivity contribution in [3.8, 4) is 0 Å². The molecule has 1 heterocycles. The van der Waals surface area contributed by atoms with Gasteiger partial charge in [0.1, 0.15) is 11.1 Å². The Morgan fingerprint density at radius 2 is 2.05 bits per heavy atom. The van der Waals surface area contributed by atoms with Gasteiger partial charge in [-0.3, -0.25) is 4.79 Å². The topological polar surface area (TPSA) is 85.6 Å². The summed E-state index contributed by atoms with van der Waals surface area (Å²) in [5.41, 5.74) is -0.605. The highest BCUT2D eigenvalue weighted by molar-refractivity contribution is 5.94. The molecule has 1 aliphatic rings. The van der Waals surface area contributed by atoms with Crippen LogP contribution < -0.4 is 10.9 Å². The maximum Gasteiger partial charge on any atom is 0.351 e. The Balaban J connectivity index is 1.77. The molecule has 0 unspecified atom stereocenters. The summed E-state index contributed by atoms with van der Waals surface area (Å²) in [6.07, 6.45) is 0.931. The number of para-hydroxylation sites is 1. The molecule has 6 nitrogen and oxygen atoms in total. The molecule has 0 aliphatic heterocycles. The third kappa shape index (κ3) is 3.00. The van der Waals surface area contributed by atoms with Crippen molar-refractivity contribution in [2.75, 3.05) is 0 Å². The second-order valence-corrected chi connectivity index (χ2v) is 5.32. The molecule has 0 spiro atoms. The molecular weight excluding hydrogens is 286 g/mol. The summed E-state index contributed by atoms with van der Waals surface area (Å²) < 4.78 is 10.1. The van der Waals surface area contributed by atoms with Crippen molar-refractivity contribution in [2.24, 2.45) is 0 Å². The van der Waals surface area contributed by atoms with Crippen LogP contribution in [0.5, 0.6) is 0 Å². The van der Waals surface area contributed by atoms with Crippen LogP contribution in [-0.2, 0) is 9.53 Å². The van der Waals surface area contributed by atoms with Crippen molar-refractivity contribution >= 4 is 22.8 Å². The fraction of sp³-hybridized carbons (Fsp3) is 0.312. The maximum absolute atomic E-state index is 12.1. The molecule has 1 saturated carbocycles. The van der Waals surface area contributed by atoms with Gasteiger partial charge in [-0.2, -0.15) is 0 Å². The van der Waals surface area contributed by atoms with Gasteiger partial charge >= 0.3 is 11.6 Å². The SMILES string of the molecule is C[C@@H](OC(=O)c1cc2ccccc2oc1=O)C(=O)NC1CC1. The lowest BCUT2D eigenvalue weighted by Crippen LogP contribution is -2.37. The number of carbonyl (C=O) groups is 2. The number of rotatable bonds is 4. The number of esters is 1. The summed E-state index contributed by atoms with van der Waals surface area (Å²) in [6.45, 7) is 1.47. The van der Waals surface area contributed by atoms with E-state index in [0.717, 1.165) is 12.8 Å². The minimum absolute atomic E-state index is 0.180. The van der Waals surface area contributed by atoms with Gasteiger partial charge in [0.2, 0.25) is 0 Å². The third-order valence-electron chi connectivity index (χ3n) is 3.44. The molecule has 1 amide bonds. The number of carbonyl (C=O) groups excluding carboxylic acids is 2. The molecule has 1 fully saturated rings. The molecule has 1 atom stereocenters. The van der Waals surface area contributed by atoms with Crippen LogP contribution in [0.2, 0.25) is 0 Å². The van der Waals surface area contributed by atoms with E-state index in [0.29, 0.717) is 11.0 Å². The highest BCUT2D eigenvalue weighted by Crippen LogP contribution is 2.19. The minimum atomic E-state index is -0.959. The molecule has 1 aliphatic carbocycles. The summed E-state index contributed by atoms with van der Waals surface area (Å²) in [4.78, 5) is 35.7. The second-order valence-electron chi connectivity index (χ2n) is 5.32. The zero-order chi connectivity index (χ0) is 15.7. The molecule has 0 bridgehead atoms. The van der Waals surface area contributed by atoms with Gasteiger partial charge in [-0.25, -0.2) is 9.59 Å². The molecule has 1 aromatic carbocycles. The van der Waals surface area contributed by atoms with Crippen LogP contribution in [0.25, 0.3) is 11.0 Å². The lowest BCUT2D eigenvalue weighted by molar-refractivity contribution is -0.129. The number of hydrogen-bond acceptors (Lipinski definition) is 5. The van der Waals surface area contributed by atoms with Crippen LogP contribution in [0.4, 0.5) is 0 Å². The Hall–Kier alpha value is -2.63. The standard InChI is InChI=1S/C16H15NO5/c1-9(14(18)17-11-6-7-11)21-15(19)12-8-10-4-2-3-5-13(10)22-16(12)20/h2-5,8-9,11H,6-7H2,1H3,(H,17,18)/t9-/m1/s1. The molecule has 22 heavy (non-hydrogen) atoms. The number of hydrogen-bond donors (Lipinski definition) is 1. The van der Waals surface area contributed by atoms with Gasteiger partial charge in [0, 0.05) is 11.4 Å². The quantitative estimate of drug-likeness (QED) is 0.685. The van der Waals surface area contributed by atoms with Gasteiger partial charge in [0.05, 0.1) is 0 Å². The monoisotopic (exact) mass is 301 g/mol. The predicted octanol–water partition coefficient (Wildman–Crippen LogP) is 1.62. The Kier molecular flexibility index (Phi) is 3.66. The van der Waals surface area contributed by atoms with E-state index in [1.165, 1.54) is 13.0 Å². The molecule has 2 aromatic rings. The second kappa shape index (κ2) is 5.63. The van der Waals surface area contributed by atoms with E-state index in [1.54, 1.807) is 24.3 Å². The highest BCUT2D eigenvalue weighted by Gasteiger charge is 2.28. The number of nitrogens with one attached hydrogen (secondary N) is 1.